The average molecular weight is 321 g/mol. The van der Waals surface area contributed by atoms with Crippen molar-refractivity contribution in [1.82, 2.24) is 9.55 Å². The van der Waals surface area contributed by atoms with Crippen molar-refractivity contribution in [2.75, 3.05) is 12.0 Å². The zero-order chi connectivity index (χ0) is 15.0. The van der Waals surface area contributed by atoms with Crippen molar-refractivity contribution in [1.29, 1.82) is 0 Å². The van der Waals surface area contributed by atoms with E-state index >= 15 is 0 Å². The number of para-hydroxylation sites is 1. The molecular weight excluding hydrogens is 306 g/mol. The van der Waals surface area contributed by atoms with Gasteiger partial charge in [0.15, 0.2) is 9.84 Å². The molecule has 0 saturated heterocycles. The number of hydrogen-bond acceptors (Lipinski definition) is 5. The molecule has 0 atom stereocenters. The van der Waals surface area contributed by atoms with Crippen LogP contribution in [0.5, 0.6) is 0 Å². The molecule has 7 heteroatoms. The predicted octanol–water partition coefficient (Wildman–Crippen LogP) is 2.33. The summed E-state index contributed by atoms with van der Waals surface area (Å²) in [6.45, 7) is 0.673. The molecule has 0 bridgehead atoms. The van der Waals surface area contributed by atoms with E-state index in [4.69, 9.17) is 5.73 Å². The molecule has 0 aliphatic heterocycles. The molecule has 0 aliphatic carbocycles. The molecule has 2 aromatic heterocycles. The van der Waals surface area contributed by atoms with Crippen molar-refractivity contribution in [2.45, 2.75) is 17.9 Å². The Morgan fingerprint density at radius 2 is 2.14 bits per heavy atom. The van der Waals surface area contributed by atoms with Crippen LogP contribution in [-0.4, -0.2) is 24.2 Å². The summed E-state index contributed by atoms with van der Waals surface area (Å²) in [4.78, 5) is 4.47. The van der Waals surface area contributed by atoms with Gasteiger partial charge in [0.25, 0.3) is 0 Å². The highest BCUT2D eigenvalue weighted by Crippen LogP contribution is 2.25. The van der Waals surface area contributed by atoms with Crippen LogP contribution in [0.3, 0.4) is 0 Å². The van der Waals surface area contributed by atoms with E-state index in [1.165, 1.54) is 11.8 Å². The third kappa shape index (κ3) is 2.66. The first-order valence-corrected chi connectivity index (χ1v) is 9.26. The van der Waals surface area contributed by atoms with E-state index in [-0.39, 0.29) is 4.90 Å². The lowest BCUT2D eigenvalue weighted by atomic mass is 10.2. The zero-order valence-corrected chi connectivity index (χ0v) is 13.1. The number of nitrogens with two attached hydrogens (primary N) is 1. The number of nitrogens with zero attached hydrogens (tertiary/aromatic N) is 2. The van der Waals surface area contributed by atoms with Crippen molar-refractivity contribution in [3.8, 4) is 0 Å². The second kappa shape index (κ2) is 5.16. The molecule has 2 N–H and O–H groups in total. The van der Waals surface area contributed by atoms with Crippen LogP contribution in [0.1, 0.15) is 5.56 Å². The smallest absolute Gasteiger partial charge is 0.201 e. The number of aryl methyl sites for hydroxylation is 2. The maximum Gasteiger partial charge on any atom is 0.201 e. The van der Waals surface area contributed by atoms with Crippen molar-refractivity contribution in [3.05, 3.63) is 40.6 Å². The molecule has 0 saturated carbocycles. The summed E-state index contributed by atoms with van der Waals surface area (Å²) < 4.78 is 25.5. The number of nitrogen functional groups attached to an aromatic ring is 1. The quantitative estimate of drug-likeness (QED) is 0.800. The topological polar surface area (TPSA) is 78.0 Å². The summed E-state index contributed by atoms with van der Waals surface area (Å²) in [5.74, 6) is 0.344. The predicted molar refractivity (Wildman–Crippen MR) is 85.3 cm³/mol. The lowest BCUT2D eigenvalue weighted by Gasteiger charge is -2.06. The minimum Gasteiger partial charge on any atom is -0.369 e. The minimum absolute atomic E-state index is 0.223. The number of aromatic nitrogens is 2. The van der Waals surface area contributed by atoms with Crippen LogP contribution in [0.4, 0.5) is 5.95 Å². The number of sulfone groups is 1. The van der Waals surface area contributed by atoms with Crippen LogP contribution in [0.25, 0.3) is 11.0 Å². The highest BCUT2D eigenvalue weighted by molar-refractivity contribution is 7.91. The van der Waals surface area contributed by atoms with Crippen LogP contribution >= 0.6 is 11.3 Å². The second-order valence-corrected chi connectivity index (χ2v) is 7.66. The number of rotatable bonds is 4. The highest BCUT2D eigenvalue weighted by atomic mass is 32.2. The van der Waals surface area contributed by atoms with Crippen LogP contribution < -0.4 is 5.73 Å². The highest BCUT2D eigenvalue weighted by Gasteiger charge is 2.17. The van der Waals surface area contributed by atoms with Crippen molar-refractivity contribution < 1.29 is 8.42 Å². The Morgan fingerprint density at radius 1 is 1.33 bits per heavy atom. The van der Waals surface area contributed by atoms with Gasteiger partial charge in [0.2, 0.25) is 5.95 Å². The van der Waals surface area contributed by atoms with E-state index in [2.05, 4.69) is 16.4 Å². The maximum atomic E-state index is 11.8. The lowest BCUT2D eigenvalue weighted by Crippen LogP contribution is -2.05. The Hall–Kier alpha value is -1.86. The largest absolute Gasteiger partial charge is 0.369 e. The molecule has 0 spiro atoms. The molecule has 3 aromatic rings. The summed E-state index contributed by atoms with van der Waals surface area (Å²) in [6, 6.07) is 7.21. The number of imidazole rings is 1. The third-order valence-corrected chi connectivity index (χ3v) is 5.24. The number of thiophene rings is 1. The Balaban J connectivity index is 2.05. The molecular formula is C14H15N3O2S2. The Morgan fingerprint density at radius 3 is 2.81 bits per heavy atom. The van der Waals surface area contributed by atoms with E-state index in [1.807, 2.05) is 16.0 Å². The van der Waals surface area contributed by atoms with Crippen LogP contribution in [0, 0.1) is 0 Å². The standard InChI is InChI=1S/C14H15N3O2S2/c1-21(18,19)12-4-2-3-11-13(12)16-14(15)17(11)7-5-10-6-8-20-9-10/h2-4,6,8-9H,5,7H2,1H3,(H2,15,16). The van der Waals surface area contributed by atoms with Crippen LogP contribution in [0.2, 0.25) is 0 Å². The first-order chi connectivity index (χ1) is 9.97. The molecule has 5 nitrogen and oxygen atoms in total. The first-order valence-electron chi connectivity index (χ1n) is 6.42. The molecule has 110 valence electrons. The molecule has 0 unspecified atom stereocenters. The van der Waals surface area contributed by atoms with Gasteiger partial charge < -0.3 is 10.3 Å². The number of fused-ring (bicyclic) bond motifs is 1. The second-order valence-electron chi connectivity index (χ2n) is 4.90. The van der Waals surface area contributed by atoms with E-state index < -0.39 is 9.84 Å². The van der Waals surface area contributed by atoms with Gasteiger partial charge in [0.1, 0.15) is 5.52 Å². The molecule has 1 aromatic carbocycles. The normalized spacial score (nSPS) is 12.0. The van der Waals surface area contributed by atoms with Gasteiger partial charge in [0, 0.05) is 12.8 Å². The fourth-order valence-corrected chi connectivity index (χ4v) is 3.88. The number of benzene rings is 1. The molecule has 2 heterocycles. The fourth-order valence-electron chi connectivity index (χ4n) is 2.35. The average Bonchev–Trinajstić information content (AvgIpc) is 3.01. The fraction of sp³-hybridized carbons (Fsp3) is 0.214. The van der Waals surface area contributed by atoms with Gasteiger partial charge >= 0.3 is 0 Å². The number of hydrogen-bond donors (Lipinski definition) is 1. The van der Waals surface area contributed by atoms with Gasteiger partial charge in [-0.2, -0.15) is 11.3 Å². The Labute approximate surface area is 127 Å². The van der Waals surface area contributed by atoms with Crippen molar-refractivity contribution >= 4 is 38.2 Å². The van der Waals surface area contributed by atoms with E-state index in [0.29, 0.717) is 18.0 Å². The van der Waals surface area contributed by atoms with Crippen molar-refractivity contribution in [3.63, 3.8) is 0 Å². The Bertz CT molecular complexity index is 880. The van der Waals surface area contributed by atoms with Gasteiger partial charge in [-0.25, -0.2) is 13.4 Å². The van der Waals surface area contributed by atoms with Gasteiger partial charge in [-0.1, -0.05) is 6.07 Å². The van der Waals surface area contributed by atoms with Gasteiger partial charge in [-0.05, 0) is 40.9 Å². The lowest BCUT2D eigenvalue weighted by molar-refractivity contribution is 0.602. The number of anilines is 1. The molecule has 0 fully saturated rings. The van der Waals surface area contributed by atoms with Crippen LogP contribution in [0.15, 0.2) is 39.9 Å². The van der Waals surface area contributed by atoms with E-state index in [9.17, 15) is 8.42 Å². The molecule has 0 radical (unpaired) electrons. The van der Waals surface area contributed by atoms with Gasteiger partial charge in [-0.3, -0.25) is 0 Å². The molecule has 0 aliphatic rings. The van der Waals surface area contributed by atoms with E-state index in [0.717, 1.165) is 11.9 Å². The molecule has 21 heavy (non-hydrogen) atoms. The van der Waals surface area contributed by atoms with E-state index in [1.54, 1.807) is 23.5 Å². The zero-order valence-electron chi connectivity index (χ0n) is 11.5. The molecule has 3 rings (SSSR count). The summed E-state index contributed by atoms with van der Waals surface area (Å²) in [6.07, 6.45) is 2.02. The monoisotopic (exact) mass is 321 g/mol. The molecule has 0 amide bonds. The van der Waals surface area contributed by atoms with Crippen molar-refractivity contribution in [2.24, 2.45) is 0 Å². The summed E-state index contributed by atoms with van der Waals surface area (Å²) in [5, 5.41) is 4.13. The SMILES string of the molecule is CS(=O)(=O)c1cccc2c1nc(N)n2CCc1ccsc1. The van der Waals surface area contributed by atoms with Gasteiger partial charge in [-0.15, -0.1) is 0 Å². The first kappa shape index (κ1) is 14.1. The van der Waals surface area contributed by atoms with Crippen LogP contribution in [-0.2, 0) is 22.8 Å². The Kier molecular flexibility index (Phi) is 3.46. The maximum absolute atomic E-state index is 11.8. The summed E-state index contributed by atoms with van der Waals surface area (Å²) >= 11 is 1.65. The third-order valence-electron chi connectivity index (χ3n) is 3.38. The summed E-state index contributed by atoms with van der Waals surface area (Å²) in [5.41, 5.74) is 8.40. The minimum atomic E-state index is -3.32. The van der Waals surface area contributed by atoms with Gasteiger partial charge in [0.05, 0.1) is 10.4 Å². The summed E-state index contributed by atoms with van der Waals surface area (Å²) in [7, 11) is -3.32.